The number of imide groups is 1. The van der Waals surface area contributed by atoms with Crippen LogP contribution in [-0.4, -0.2) is 40.0 Å². The molecule has 0 bridgehead atoms. The summed E-state index contributed by atoms with van der Waals surface area (Å²) in [4.78, 5) is 41.4. The zero-order valence-corrected chi connectivity index (χ0v) is 17.4. The fourth-order valence-electron chi connectivity index (χ4n) is 3.38. The Morgan fingerprint density at radius 3 is 2.71 bits per heavy atom. The topological polar surface area (TPSA) is 82.3 Å². The number of aromatic amines is 1. The second-order valence-corrected chi connectivity index (χ2v) is 8.09. The van der Waals surface area contributed by atoms with Crippen molar-refractivity contribution in [1.29, 1.82) is 0 Å². The molecule has 1 aromatic heterocycles. The number of carbonyl (C=O) groups excluding carboxylic acids is 3. The summed E-state index contributed by atoms with van der Waals surface area (Å²) in [5, 5.41) is 3.55. The van der Waals surface area contributed by atoms with Gasteiger partial charge in [-0.25, -0.2) is 4.39 Å². The molecule has 1 aliphatic heterocycles. The van der Waals surface area contributed by atoms with Gasteiger partial charge in [-0.05, 0) is 53.6 Å². The first-order valence-corrected chi connectivity index (χ1v) is 10.7. The lowest BCUT2D eigenvalue weighted by molar-refractivity contribution is -0.124. The van der Waals surface area contributed by atoms with E-state index >= 15 is 0 Å². The van der Waals surface area contributed by atoms with Gasteiger partial charge in [-0.3, -0.25) is 19.3 Å². The molecule has 0 aliphatic carbocycles. The normalized spacial score (nSPS) is 15.3. The standard InChI is InChI=1S/C23H20FN3O3S/c24-17-7-5-15(6-8-17)13-20-22(29)27(23(30)31-20)12-10-21(28)25-11-9-16-14-26-19-4-2-1-3-18(16)19/h1-8,13-14,26H,9-12H2,(H,25,28)/b20-13+. The Labute approximate surface area is 182 Å². The molecule has 31 heavy (non-hydrogen) atoms. The molecule has 1 fully saturated rings. The number of fused-ring (bicyclic) bond motifs is 1. The zero-order valence-electron chi connectivity index (χ0n) is 16.6. The number of hydrogen-bond donors (Lipinski definition) is 2. The average molecular weight is 437 g/mol. The Morgan fingerprint density at radius 2 is 1.90 bits per heavy atom. The maximum absolute atomic E-state index is 13.0. The van der Waals surface area contributed by atoms with Gasteiger partial charge >= 0.3 is 0 Å². The minimum Gasteiger partial charge on any atom is -0.361 e. The molecule has 4 rings (SSSR count). The highest BCUT2D eigenvalue weighted by atomic mass is 32.2. The van der Waals surface area contributed by atoms with Gasteiger partial charge in [0.2, 0.25) is 5.91 Å². The van der Waals surface area contributed by atoms with Gasteiger partial charge in [0, 0.05) is 36.6 Å². The van der Waals surface area contributed by atoms with Gasteiger partial charge in [-0.15, -0.1) is 0 Å². The zero-order chi connectivity index (χ0) is 21.8. The predicted octanol–water partition coefficient (Wildman–Crippen LogP) is 4.09. The van der Waals surface area contributed by atoms with Crippen LogP contribution in [0.25, 0.3) is 17.0 Å². The van der Waals surface area contributed by atoms with Crippen LogP contribution in [0.5, 0.6) is 0 Å². The van der Waals surface area contributed by atoms with E-state index < -0.39 is 11.1 Å². The molecule has 3 amide bonds. The number of nitrogens with one attached hydrogen (secondary N) is 2. The number of halogens is 1. The average Bonchev–Trinajstić information content (AvgIpc) is 3.29. The van der Waals surface area contributed by atoms with Crippen molar-refractivity contribution in [3.63, 3.8) is 0 Å². The third-order valence-corrected chi connectivity index (χ3v) is 5.90. The van der Waals surface area contributed by atoms with E-state index in [0.717, 1.165) is 33.1 Å². The summed E-state index contributed by atoms with van der Waals surface area (Å²) in [6.07, 6.45) is 4.20. The third-order valence-electron chi connectivity index (χ3n) is 5.00. The smallest absolute Gasteiger partial charge is 0.293 e. The Morgan fingerprint density at radius 1 is 1.13 bits per heavy atom. The van der Waals surface area contributed by atoms with Crippen molar-refractivity contribution in [2.75, 3.05) is 13.1 Å². The number of aromatic nitrogens is 1. The number of rotatable bonds is 7. The van der Waals surface area contributed by atoms with Gasteiger partial charge in [0.15, 0.2) is 0 Å². The van der Waals surface area contributed by atoms with Gasteiger partial charge < -0.3 is 10.3 Å². The summed E-state index contributed by atoms with van der Waals surface area (Å²) in [5.41, 5.74) is 2.80. The van der Waals surface area contributed by atoms with Crippen LogP contribution in [0.15, 0.2) is 59.6 Å². The Balaban J connectivity index is 1.27. The minimum atomic E-state index is -0.439. The maximum Gasteiger partial charge on any atom is 0.293 e. The van der Waals surface area contributed by atoms with E-state index in [1.54, 1.807) is 6.08 Å². The molecule has 2 aromatic carbocycles. The van der Waals surface area contributed by atoms with E-state index in [0.29, 0.717) is 18.5 Å². The SMILES string of the molecule is O=C(CCN1C(=O)S/C(=C/c2ccc(F)cc2)C1=O)NCCc1c[nH]c2ccccc12. The molecule has 6 nitrogen and oxygen atoms in total. The van der Waals surface area contributed by atoms with Crippen LogP contribution < -0.4 is 5.32 Å². The lowest BCUT2D eigenvalue weighted by atomic mass is 10.1. The van der Waals surface area contributed by atoms with Crippen molar-refractivity contribution < 1.29 is 18.8 Å². The van der Waals surface area contributed by atoms with Gasteiger partial charge in [0.25, 0.3) is 11.1 Å². The Kier molecular flexibility index (Phi) is 6.18. The summed E-state index contributed by atoms with van der Waals surface area (Å²) in [6.45, 7) is 0.484. The summed E-state index contributed by atoms with van der Waals surface area (Å²) in [6, 6.07) is 13.6. The lowest BCUT2D eigenvalue weighted by Crippen LogP contribution is -2.34. The predicted molar refractivity (Wildman–Crippen MR) is 119 cm³/mol. The van der Waals surface area contributed by atoms with Gasteiger partial charge in [-0.2, -0.15) is 0 Å². The molecule has 3 aromatic rings. The van der Waals surface area contributed by atoms with Crippen LogP contribution in [0.1, 0.15) is 17.5 Å². The molecule has 0 saturated carbocycles. The largest absolute Gasteiger partial charge is 0.361 e. The molecule has 1 aliphatic rings. The molecular weight excluding hydrogens is 417 g/mol. The van der Waals surface area contributed by atoms with Crippen LogP contribution in [0.3, 0.4) is 0 Å². The van der Waals surface area contributed by atoms with E-state index in [-0.39, 0.29) is 29.6 Å². The molecule has 0 atom stereocenters. The first-order chi connectivity index (χ1) is 15.0. The quantitative estimate of drug-likeness (QED) is 0.546. The number of amides is 3. The molecule has 1 saturated heterocycles. The number of carbonyl (C=O) groups is 3. The molecule has 0 unspecified atom stereocenters. The number of benzene rings is 2. The highest BCUT2D eigenvalue weighted by Gasteiger charge is 2.34. The van der Waals surface area contributed by atoms with Crippen LogP contribution in [0.4, 0.5) is 9.18 Å². The van der Waals surface area contributed by atoms with Crippen molar-refractivity contribution in [1.82, 2.24) is 15.2 Å². The van der Waals surface area contributed by atoms with E-state index in [2.05, 4.69) is 10.3 Å². The van der Waals surface area contributed by atoms with Crippen molar-refractivity contribution in [3.05, 3.63) is 76.6 Å². The number of nitrogens with zero attached hydrogens (tertiary/aromatic N) is 1. The molecular formula is C23H20FN3O3S. The van der Waals surface area contributed by atoms with Gasteiger partial charge in [0.1, 0.15) is 5.82 Å². The molecule has 8 heteroatoms. The molecule has 158 valence electrons. The lowest BCUT2D eigenvalue weighted by Gasteiger charge is -2.12. The number of para-hydroxylation sites is 1. The van der Waals surface area contributed by atoms with Gasteiger partial charge in [0.05, 0.1) is 4.91 Å². The van der Waals surface area contributed by atoms with E-state index in [9.17, 15) is 18.8 Å². The van der Waals surface area contributed by atoms with Crippen LogP contribution in [-0.2, 0) is 16.0 Å². The first kappa shape index (κ1) is 20.9. The van der Waals surface area contributed by atoms with Crippen LogP contribution in [0, 0.1) is 5.82 Å². The van der Waals surface area contributed by atoms with E-state index in [1.165, 1.54) is 24.3 Å². The Hall–Kier alpha value is -3.39. The number of hydrogen-bond acceptors (Lipinski definition) is 4. The minimum absolute atomic E-state index is 0.0182. The van der Waals surface area contributed by atoms with Crippen molar-refractivity contribution in [2.24, 2.45) is 0 Å². The summed E-state index contributed by atoms with van der Waals surface area (Å²) >= 11 is 0.819. The Bertz CT molecular complexity index is 1170. The third kappa shape index (κ3) is 4.86. The molecule has 2 N–H and O–H groups in total. The van der Waals surface area contributed by atoms with Gasteiger partial charge in [-0.1, -0.05) is 30.3 Å². The molecule has 0 radical (unpaired) electrons. The monoisotopic (exact) mass is 437 g/mol. The van der Waals surface area contributed by atoms with Crippen LogP contribution in [0.2, 0.25) is 0 Å². The van der Waals surface area contributed by atoms with Crippen molar-refractivity contribution in [2.45, 2.75) is 12.8 Å². The fourth-order valence-corrected chi connectivity index (χ4v) is 4.24. The highest BCUT2D eigenvalue weighted by molar-refractivity contribution is 8.18. The second kappa shape index (κ2) is 9.18. The van der Waals surface area contributed by atoms with E-state index in [4.69, 9.17) is 0 Å². The van der Waals surface area contributed by atoms with Crippen LogP contribution >= 0.6 is 11.8 Å². The summed E-state index contributed by atoms with van der Waals surface area (Å²) in [7, 11) is 0. The molecule has 2 heterocycles. The van der Waals surface area contributed by atoms with Crippen molar-refractivity contribution >= 4 is 45.8 Å². The highest BCUT2D eigenvalue weighted by Crippen LogP contribution is 2.32. The van der Waals surface area contributed by atoms with Crippen molar-refractivity contribution in [3.8, 4) is 0 Å². The number of H-pyrrole nitrogens is 1. The summed E-state index contributed by atoms with van der Waals surface area (Å²) in [5.74, 6) is -1.03. The number of thioether (sulfide) groups is 1. The van der Waals surface area contributed by atoms with E-state index in [1.807, 2.05) is 30.5 Å². The second-order valence-electron chi connectivity index (χ2n) is 7.09. The summed E-state index contributed by atoms with van der Waals surface area (Å²) < 4.78 is 13.0. The first-order valence-electron chi connectivity index (χ1n) is 9.84. The molecule has 0 spiro atoms. The fraction of sp³-hybridized carbons (Fsp3) is 0.174. The maximum atomic E-state index is 13.0.